The lowest BCUT2D eigenvalue weighted by atomic mass is 9.41. The summed E-state index contributed by atoms with van der Waals surface area (Å²) in [6, 6.07) is 0. The molecule has 24 heavy (non-hydrogen) atoms. The third kappa shape index (κ3) is 1.85. The number of carbonyl (C=O) groups excluding carboxylic acids is 1. The van der Waals surface area contributed by atoms with Crippen LogP contribution in [0.4, 0.5) is 0 Å². The van der Waals surface area contributed by atoms with Crippen molar-refractivity contribution in [3.8, 4) is 0 Å². The van der Waals surface area contributed by atoms with E-state index >= 15 is 0 Å². The molecule has 0 aromatic rings. The van der Waals surface area contributed by atoms with Gasteiger partial charge < -0.3 is 9.84 Å². The van der Waals surface area contributed by atoms with Gasteiger partial charge >= 0.3 is 5.97 Å². The van der Waals surface area contributed by atoms with E-state index in [0.717, 1.165) is 56.9 Å². The average molecular weight is 332 g/mol. The van der Waals surface area contributed by atoms with Crippen LogP contribution in [0.25, 0.3) is 0 Å². The average Bonchev–Trinajstić information content (AvgIpc) is 2.70. The summed E-state index contributed by atoms with van der Waals surface area (Å²) in [5.74, 6) is 0.993. The molecular weight excluding hydrogens is 300 g/mol. The van der Waals surface area contributed by atoms with Crippen LogP contribution in [-0.4, -0.2) is 23.8 Å². The molecular formula is C21H32O3. The summed E-state index contributed by atoms with van der Waals surface area (Å²) >= 11 is 0. The van der Waals surface area contributed by atoms with E-state index in [9.17, 15) is 9.90 Å². The van der Waals surface area contributed by atoms with Crippen molar-refractivity contribution in [2.45, 2.75) is 77.2 Å². The highest BCUT2D eigenvalue weighted by molar-refractivity contribution is 5.77. The van der Waals surface area contributed by atoms with E-state index in [0.29, 0.717) is 11.8 Å². The van der Waals surface area contributed by atoms with E-state index in [2.05, 4.69) is 20.4 Å². The van der Waals surface area contributed by atoms with Crippen LogP contribution in [0.3, 0.4) is 0 Å². The number of hydrogen-bond acceptors (Lipinski definition) is 3. The largest absolute Gasteiger partial charge is 0.469 e. The zero-order chi connectivity index (χ0) is 17.4. The van der Waals surface area contributed by atoms with E-state index in [1.54, 1.807) is 0 Å². The van der Waals surface area contributed by atoms with Crippen molar-refractivity contribution < 1.29 is 14.6 Å². The van der Waals surface area contributed by atoms with Gasteiger partial charge in [-0.15, -0.1) is 0 Å². The zero-order valence-corrected chi connectivity index (χ0v) is 15.5. The van der Waals surface area contributed by atoms with Crippen molar-refractivity contribution >= 4 is 5.97 Å². The molecule has 0 heterocycles. The third-order valence-corrected chi connectivity index (χ3v) is 8.81. The Balaban J connectivity index is 1.74. The van der Waals surface area contributed by atoms with Gasteiger partial charge in [-0.05, 0) is 86.5 Å². The monoisotopic (exact) mass is 332 g/mol. The van der Waals surface area contributed by atoms with Crippen molar-refractivity contribution in [2.75, 3.05) is 7.11 Å². The predicted octanol–water partition coefficient (Wildman–Crippen LogP) is 4.24. The van der Waals surface area contributed by atoms with Crippen LogP contribution in [0.5, 0.6) is 0 Å². The Morgan fingerprint density at radius 1 is 1.17 bits per heavy atom. The first-order chi connectivity index (χ1) is 11.2. The van der Waals surface area contributed by atoms with Gasteiger partial charge in [-0.2, -0.15) is 0 Å². The summed E-state index contributed by atoms with van der Waals surface area (Å²) < 4.78 is 5.22. The minimum absolute atomic E-state index is 0.0162. The smallest absolute Gasteiger partial charge is 0.311 e. The Kier molecular flexibility index (Phi) is 3.37. The van der Waals surface area contributed by atoms with Crippen LogP contribution in [-0.2, 0) is 9.53 Å². The Morgan fingerprint density at radius 3 is 2.58 bits per heavy atom. The molecule has 0 aromatic heterocycles. The lowest BCUT2D eigenvalue weighted by Gasteiger charge is -2.63. The fourth-order valence-electron chi connectivity index (χ4n) is 7.83. The fourth-order valence-corrected chi connectivity index (χ4v) is 7.83. The van der Waals surface area contributed by atoms with Gasteiger partial charge in [0.25, 0.3) is 0 Å². The molecule has 2 bridgehead atoms. The van der Waals surface area contributed by atoms with E-state index in [1.807, 2.05) is 0 Å². The molecule has 0 unspecified atom stereocenters. The highest BCUT2D eigenvalue weighted by Gasteiger charge is 2.67. The fraction of sp³-hybridized carbons (Fsp3) is 0.857. The summed E-state index contributed by atoms with van der Waals surface area (Å²) in [4.78, 5) is 12.6. The second kappa shape index (κ2) is 4.87. The SMILES string of the molecule is C=C1C[C@@]23CC[C@@H]4[C@@](C)(CCC[C@@]4(C)C(=O)OC)[C@@H]2CC[C@@]1(O)C3. The molecule has 0 radical (unpaired) electrons. The Labute approximate surface area is 145 Å². The maximum Gasteiger partial charge on any atom is 0.311 e. The van der Waals surface area contributed by atoms with Gasteiger partial charge in [-0.25, -0.2) is 0 Å². The minimum Gasteiger partial charge on any atom is -0.469 e. The number of carbonyl (C=O) groups is 1. The Hall–Kier alpha value is -0.830. The first-order valence-electron chi connectivity index (χ1n) is 9.69. The predicted molar refractivity (Wildman–Crippen MR) is 93.3 cm³/mol. The second-order valence-corrected chi connectivity index (χ2v) is 9.80. The van der Waals surface area contributed by atoms with Crippen LogP contribution < -0.4 is 0 Å². The van der Waals surface area contributed by atoms with Crippen molar-refractivity contribution in [1.29, 1.82) is 0 Å². The third-order valence-electron chi connectivity index (χ3n) is 8.81. The molecule has 4 saturated carbocycles. The number of rotatable bonds is 1. The van der Waals surface area contributed by atoms with Crippen LogP contribution >= 0.6 is 0 Å². The van der Waals surface area contributed by atoms with Gasteiger partial charge in [-0.1, -0.05) is 19.9 Å². The first kappa shape index (κ1) is 16.6. The molecule has 134 valence electrons. The van der Waals surface area contributed by atoms with Crippen LogP contribution in [0.15, 0.2) is 12.2 Å². The first-order valence-corrected chi connectivity index (χ1v) is 9.69. The Morgan fingerprint density at radius 2 is 1.88 bits per heavy atom. The van der Waals surface area contributed by atoms with E-state index < -0.39 is 5.60 Å². The van der Waals surface area contributed by atoms with Gasteiger partial charge in [0.05, 0.1) is 18.1 Å². The van der Waals surface area contributed by atoms with E-state index in [4.69, 9.17) is 4.74 Å². The number of ether oxygens (including phenoxy) is 1. The van der Waals surface area contributed by atoms with Gasteiger partial charge in [0.1, 0.15) is 0 Å². The topological polar surface area (TPSA) is 46.5 Å². The maximum absolute atomic E-state index is 12.6. The summed E-state index contributed by atoms with van der Waals surface area (Å²) in [5, 5.41) is 11.0. The molecule has 4 aliphatic carbocycles. The summed E-state index contributed by atoms with van der Waals surface area (Å²) in [7, 11) is 1.53. The van der Waals surface area contributed by atoms with Crippen molar-refractivity contribution in [3.63, 3.8) is 0 Å². The van der Waals surface area contributed by atoms with Crippen molar-refractivity contribution in [2.24, 2.45) is 28.1 Å². The highest BCUT2D eigenvalue weighted by atomic mass is 16.5. The number of methoxy groups -OCH3 is 1. The molecule has 0 aromatic carbocycles. The van der Waals surface area contributed by atoms with Crippen molar-refractivity contribution in [1.82, 2.24) is 0 Å². The normalized spacial score (nSPS) is 53.2. The highest BCUT2D eigenvalue weighted by Crippen LogP contribution is 2.72. The number of fused-ring (bicyclic) bond motifs is 3. The number of hydrogen-bond donors (Lipinski definition) is 1. The lowest BCUT2D eigenvalue weighted by molar-refractivity contribution is -0.188. The second-order valence-electron chi connectivity index (χ2n) is 9.80. The minimum atomic E-state index is -0.611. The number of esters is 1. The molecule has 0 saturated heterocycles. The molecule has 0 amide bonds. The number of aliphatic hydroxyl groups is 1. The molecule has 4 aliphatic rings. The molecule has 1 N–H and O–H groups in total. The Bertz CT molecular complexity index is 598. The molecule has 4 fully saturated rings. The zero-order valence-electron chi connectivity index (χ0n) is 15.5. The van der Waals surface area contributed by atoms with E-state index in [-0.39, 0.29) is 22.2 Å². The molecule has 3 nitrogen and oxygen atoms in total. The van der Waals surface area contributed by atoms with Crippen molar-refractivity contribution in [3.05, 3.63) is 12.2 Å². The quantitative estimate of drug-likeness (QED) is 0.577. The standard InChI is InChI=1S/C21H32O3/c1-14-12-20-10-6-15-18(2,16(20)7-11-21(14,23)13-20)8-5-9-19(15,3)17(22)24-4/h15-16,23H,1,5-13H2,2-4H3/t15-,16+,18-,19-,20-,21-/m1/s1. The van der Waals surface area contributed by atoms with Crippen LogP contribution in [0.2, 0.25) is 0 Å². The van der Waals surface area contributed by atoms with Gasteiger partial charge in [0, 0.05) is 0 Å². The van der Waals surface area contributed by atoms with Crippen LogP contribution in [0, 0.1) is 28.1 Å². The van der Waals surface area contributed by atoms with Crippen LogP contribution in [0.1, 0.15) is 71.6 Å². The molecule has 4 rings (SSSR count). The molecule has 1 spiro atoms. The van der Waals surface area contributed by atoms with Gasteiger partial charge in [0.2, 0.25) is 0 Å². The molecule has 6 atom stereocenters. The maximum atomic E-state index is 12.6. The van der Waals surface area contributed by atoms with Gasteiger partial charge in [-0.3, -0.25) is 4.79 Å². The summed E-state index contributed by atoms with van der Waals surface area (Å²) in [6.45, 7) is 8.81. The van der Waals surface area contributed by atoms with Gasteiger partial charge in [0.15, 0.2) is 0 Å². The molecule has 3 heteroatoms. The molecule has 0 aliphatic heterocycles. The lowest BCUT2D eigenvalue weighted by Crippen LogP contribution is -2.59. The summed E-state index contributed by atoms with van der Waals surface area (Å²) in [6.07, 6.45) is 9.32. The van der Waals surface area contributed by atoms with E-state index in [1.165, 1.54) is 13.5 Å². The summed E-state index contributed by atoms with van der Waals surface area (Å²) in [5.41, 5.74) is 0.528.